The zero-order valence-corrected chi connectivity index (χ0v) is 7.95. The summed E-state index contributed by atoms with van der Waals surface area (Å²) in [6.07, 6.45) is 2.21. The molecule has 76 valence electrons. The van der Waals surface area contributed by atoms with Crippen LogP contribution in [0.15, 0.2) is 0 Å². The Bertz CT molecular complexity index is 162. The first kappa shape index (κ1) is 10.5. The van der Waals surface area contributed by atoms with Crippen LogP contribution in [-0.2, 0) is 9.53 Å². The fourth-order valence-corrected chi connectivity index (χ4v) is 1.36. The quantitative estimate of drug-likeness (QED) is 0.654. The molecule has 0 aliphatic carbocycles. The van der Waals surface area contributed by atoms with Gasteiger partial charge in [-0.2, -0.15) is 0 Å². The Morgan fingerprint density at radius 2 is 2.54 bits per heavy atom. The lowest BCUT2D eigenvalue weighted by molar-refractivity contribution is -0.131. The highest BCUT2D eigenvalue weighted by Gasteiger charge is 2.24. The normalized spacial score (nSPS) is 24.3. The van der Waals surface area contributed by atoms with Gasteiger partial charge in [0.1, 0.15) is 6.10 Å². The molecule has 1 fully saturated rings. The van der Waals surface area contributed by atoms with Crippen LogP contribution in [0.4, 0.5) is 0 Å². The smallest absolute Gasteiger partial charge is 0.249 e. The Hall–Kier alpha value is -0.610. The highest BCUT2D eigenvalue weighted by Crippen LogP contribution is 2.12. The van der Waals surface area contributed by atoms with Crippen LogP contribution < -0.4 is 5.32 Å². The van der Waals surface area contributed by atoms with E-state index in [9.17, 15) is 4.79 Å². The maximum atomic E-state index is 11.4. The minimum absolute atomic E-state index is 0.00500. The summed E-state index contributed by atoms with van der Waals surface area (Å²) in [6.45, 7) is 2.60. The summed E-state index contributed by atoms with van der Waals surface area (Å²) in [5.41, 5.74) is 0. The van der Waals surface area contributed by atoms with Crippen molar-refractivity contribution in [3.05, 3.63) is 0 Å². The van der Waals surface area contributed by atoms with E-state index in [0.717, 1.165) is 19.3 Å². The van der Waals surface area contributed by atoms with Gasteiger partial charge in [0.05, 0.1) is 12.6 Å². The summed E-state index contributed by atoms with van der Waals surface area (Å²) in [7, 11) is 0. The molecule has 1 rings (SSSR count). The van der Waals surface area contributed by atoms with Crippen LogP contribution in [0.3, 0.4) is 0 Å². The largest absolute Gasteiger partial charge is 0.394 e. The van der Waals surface area contributed by atoms with Crippen molar-refractivity contribution in [1.82, 2.24) is 5.32 Å². The number of hydrogen-bond donors (Lipinski definition) is 2. The molecule has 1 unspecified atom stereocenters. The van der Waals surface area contributed by atoms with Gasteiger partial charge in [-0.05, 0) is 19.3 Å². The van der Waals surface area contributed by atoms with E-state index in [4.69, 9.17) is 9.84 Å². The first-order valence-electron chi connectivity index (χ1n) is 4.80. The molecule has 1 aliphatic rings. The fraction of sp³-hybridized carbons (Fsp3) is 0.889. The van der Waals surface area contributed by atoms with Crippen molar-refractivity contribution in [2.24, 2.45) is 0 Å². The van der Waals surface area contributed by atoms with E-state index in [1.54, 1.807) is 0 Å². The second-order valence-corrected chi connectivity index (χ2v) is 3.30. The van der Waals surface area contributed by atoms with Gasteiger partial charge in [0, 0.05) is 6.61 Å². The van der Waals surface area contributed by atoms with Crippen molar-refractivity contribution in [3.8, 4) is 0 Å². The standard InChI is InChI=1S/C9H17NO3/c1-2-7(6-11)10-9(12)8-4-3-5-13-8/h7-8,11H,2-6H2,1H3,(H,10,12)/t7-,8?/m0/s1. The monoisotopic (exact) mass is 187 g/mol. The van der Waals surface area contributed by atoms with Crippen LogP contribution >= 0.6 is 0 Å². The Balaban J connectivity index is 2.30. The molecule has 0 aromatic rings. The fourth-order valence-electron chi connectivity index (χ4n) is 1.36. The summed E-state index contributed by atoms with van der Waals surface area (Å²) < 4.78 is 5.21. The maximum absolute atomic E-state index is 11.4. The third-order valence-corrected chi connectivity index (χ3v) is 2.28. The molecule has 4 heteroatoms. The summed E-state index contributed by atoms with van der Waals surface area (Å²) in [6, 6.07) is -0.128. The van der Waals surface area contributed by atoms with Crippen molar-refractivity contribution in [3.63, 3.8) is 0 Å². The zero-order chi connectivity index (χ0) is 9.68. The molecular weight excluding hydrogens is 170 g/mol. The average Bonchev–Trinajstić information content (AvgIpc) is 2.66. The number of ether oxygens (including phenoxy) is 1. The number of carbonyl (C=O) groups excluding carboxylic acids is 1. The van der Waals surface area contributed by atoms with E-state index in [2.05, 4.69) is 5.32 Å². The van der Waals surface area contributed by atoms with Gasteiger partial charge in [0.25, 0.3) is 0 Å². The molecule has 0 aromatic carbocycles. The van der Waals surface area contributed by atoms with Crippen molar-refractivity contribution >= 4 is 5.91 Å². The topological polar surface area (TPSA) is 58.6 Å². The van der Waals surface area contributed by atoms with Crippen LogP contribution in [0.2, 0.25) is 0 Å². The van der Waals surface area contributed by atoms with Gasteiger partial charge >= 0.3 is 0 Å². The van der Waals surface area contributed by atoms with E-state index < -0.39 is 0 Å². The van der Waals surface area contributed by atoms with Gasteiger partial charge in [-0.1, -0.05) is 6.92 Å². The van der Waals surface area contributed by atoms with Crippen molar-refractivity contribution in [2.75, 3.05) is 13.2 Å². The molecule has 1 saturated heterocycles. The summed E-state index contributed by atoms with van der Waals surface area (Å²) >= 11 is 0. The van der Waals surface area contributed by atoms with Crippen molar-refractivity contribution in [1.29, 1.82) is 0 Å². The van der Waals surface area contributed by atoms with Gasteiger partial charge in [0.15, 0.2) is 0 Å². The van der Waals surface area contributed by atoms with E-state index in [-0.39, 0.29) is 24.7 Å². The molecular formula is C9H17NO3. The number of hydrogen-bond acceptors (Lipinski definition) is 3. The summed E-state index contributed by atoms with van der Waals surface area (Å²) in [4.78, 5) is 11.4. The number of rotatable bonds is 4. The lowest BCUT2D eigenvalue weighted by Crippen LogP contribution is -2.42. The molecule has 1 aliphatic heterocycles. The number of aliphatic hydroxyl groups excluding tert-OH is 1. The van der Waals surface area contributed by atoms with Crippen LogP contribution in [-0.4, -0.2) is 36.4 Å². The van der Waals surface area contributed by atoms with Gasteiger partial charge in [0.2, 0.25) is 5.91 Å². The molecule has 4 nitrogen and oxygen atoms in total. The third kappa shape index (κ3) is 2.97. The predicted molar refractivity (Wildman–Crippen MR) is 48.3 cm³/mol. The second kappa shape index (κ2) is 5.19. The molecule has 0 bridgehead atoms. The minimum Gasteiger partial charge on any atom is -0.394 e. The molecule has 0 radical (unpaired) electrons. The molecule has 2 atom stereocenters. The third-order valence-electron chi connectivity index (χ3n) is 2.28. The van der Waals surface area contributed by atoms with Crippen LogP contribution in [0, 0.1) is 0 Å². The number of nitrogens with one attached hydrogen (secondary N) is 1. The molecule has 1 heterocycles. The number of amides is 1. The lowest BCUT2D eigenvalue weighted by atomic mass is 10.2. The van der Waals surface area contributed by atoms with E-state index >= 15 is 0 Å². The van der Waals surface area contributed by atoms with Gasteiger partial charge < -0.3 is 15.2 Å². The van der Waals surface area contributed by atoms with Crippen LogP contribution in [0.25, 0.3) is 0 Å². The molecule has 13 heavy (non-hydrogen) atoms. The second-order valence-electron chi connectivity index (χ2n) is 3.30. The Morgan fingerprint density at radius 1 is 1.77 bits per heavy atom. The molecule has 0 saturated carbocycles. The highest BCUT2D eigenvalue weighted by atomic mass is 16.5. The van der Waals surface area contributed by atoms with E-state index in [1.807, 2.05) is 6.92 Å². The zero-order valence-electron chi connectivity index (χ0n) is 7.95. The van der Waals surface area contributed by atoms with Gasteiger partial charge in [-0.15, -0.1) is 0 Å². The van der Waals surface area contributed by atoms with Crippen LogP contribution in [0.5, 0.6) is 0 Å². The first-order valence-corrected chi connectivity index (χ1v) is 4.80. The maximum Gasteiger partial charge on any atom is 0.249 e. The molecule has 1 amide bonds. The first-order chi connectivity index (χ1) is 6.27. The number of carbonyl (C=O) groups is 1. The van der Waals surface area contributed by atoms with Crippen molar-refractivity contribution < 1.29 is 14.6 Å². The molecule has 2 N–H and O–H groups in total. The lowest BCUT2D eigenvalue weighted by Gasteiger charge is -2.16. The predicted octanol–water partition coefficient (Wildman–Crippen LogP) is 0.0525. The Kier molecular flexibility index (Phi) is 4.18. The van der Waals surface area contributed by atoms with Crippen molar-refractivity contribution in [2.45, 2.75) is 38.3 Å². The Morgan fingerprint density at radius 3 is 3.00 bits per heavy atom. The summed E-state index contributed by atoms with van der Waals surface area (Å²) in [5.74, 6) is -0.0848. The summed E-state index contributed by atoms with van der Waals surface area (Å²) in [5, 5.41) is 11.6. The van der Waals surface area contributed by atoms with E-state index in [0.29, 0.717) is 6.61 Å². The number of aliphatic hydroxyl groups is 1. The molecule has 0 aromatic heterocycles. The Labute approximate surface area is 78.3 Å². The highest BCUT2D eigenvalue weighted by molar-refractivity contribution is 5.81. The average molecular weight is 187 g/mol. The molecule has 0 spiro atoms. The van der Waals surface area contributed by atoms with Gasteiger partial charge in [-0.25, -0.2) is 0 Å². The SMILES string of the molecule is CC[C@@H](CO)NC(=O)C1CCCO1. The van der Waals surface area contributed by atoms with E-state index in [1.165, 1.54) is 0 Å². The van der Waals surface area contributed by atoms with Crippen LogP contribution in [0.1, 0.15) is 26.2 Å². The van der Waals surface area contributed by atoms with Gasteiger partial charge in [-0.3, -0.25) is 4.79 Å². The minimum atomic E-state index is -0.291.